The van der Waals surface area contributed by atoms with E-state index in [9.17, 15) is 0 Å². The minimum atomic E-state index is 0.281. The third-order valence-corrected chi connectivity index (χ3v) is 4.12. The van der Waals surface area contributed by atoms with Crippen molar-refractivity contribution in [1.82, 2.24) is 4.98 Å². The Kier molecular flexibility index (Phi) is 4.85. The first-order valence-electron chi connectivity index (χ1n) is 7.49. The molecule has 3 rings (SSSR count). The second-order valence-corrected chi connectivity index (χ2v) is 5.93. The van der Waals surface area contributed by atoms with Crippen LogP contribution in [0, 0.1) is 0 Å². The Morgan fingerprint density at radius 2 is 2.27 bits per heavy atom. The minimum Gasteiger partial charge on any atom is -0.491 e. The van der Waals surface area contributed by atoms with E-state index in [2.05, 4.69) is 33.7 Å². The van der Waals surface area contributed by atoms with Crippen LogP contribution in [0.1, 0.15) is 31.4 Å². The number of para-hydroxylation sites is 2. The molecule has 1 aliphatic rings. The van der Waals surface area contributed by atoms with Crippen LogP contribution in [0.3, 0.4) is 0 Å². The number of aliphatic imine (C=N–C) groups is 1. The number of aromatic nitrogens is 1. The Balaban J connectivity index is 1.72. The number of thiazole rings is 1. The monoisotopic (exact) mass is 313 g/mol. The average Bonchev–Trinajstić information content (AvgIpc) is 3.03. The Labute approximate surface area is 134 Å². The third-order valence-electron chi connectivity index (χ3n) is 3.34. The van der Waals surface area contributed by atoms with E-state index >= 15 is 0 Å². The molecule has 0 amide bonds. The van der Waals surface area contributed by atoms with Gasteiger partial charge in [-0.1, -0.05) is 25.1 Å². The van der Waals surface area contributed by atoms with Gasteiger partial charge in [0, 0.05) is 23.7 Å². The molecule has 0 saturated carbocycles. The highest BCUT2D eigenvalue weighted by molar-refractivity contribution is 7.13. The highest BCUT2D eigenvalue weighted by Gasteiger charge is 2.14. The first-order chi connectivity index (χ1) is 10.9. The zero-order valence-electron chi connectivity index (χ0n) is 12.5. The van der Waals surface area contributed by atoms with Gasteiger partial charge in [0.2, 0.25) is 0 Å². The van der Waals surface area contributed by atoms with Crippen LogP contribution in [0.15, 0.2) is 46.9 Å². The maximum absolute atomic E-state index is 5.77. The molecule has 1 N–H and O–H groups in total. The molecular formula is C17H19N3OS. The molecule has 1 aliphatic heterocycles. The second kappa shape index (κ2) is 7.22. The molecule has 0 saturated heterocycles. The molecule has 2 heterocycles. The maximum atomic E-state index is 5.77. The van der Waals surface area contributed by atoms with Gasteiger partial charge in [0.25, 0.3) is 0 Å². The predicted octanol–water partition coefficient (Wildman–Crippen LogP) is 4.75. The summed E-state index contributed by atoms with van der Waals surface area (Å²) < 4.78 is 5.77. The number of allylic oxidation sites excluding steroid dienone is 1. The SMILES string of the molecule is CCCOc1ccccc1Nc1nc(C2C=NC=CC2)cs1. The van der Waals surface area contributed by atoms with E-state index in [4.69, 9.17) is 4.74 Å². The number of anilines is 2. The summed E-state index contributed by atoms with van der Waals surface area (Å²) in [7, 11) is 0. The summed E-state index contributed by atoms with van der Waals surface area (Å²) in [6, 6.07) is 7.96. The number of nitrogens with zero attached hydrogens (tertiary/aromatic N) is 2. The second-order valence-electron chi connectivity index (χ2n) is 5.07. The van der Waals surface area contributed by atoms with Crippen molar-refractivity contribution < 1.29 is 4.74 Å². The largest absolute Gasteiger partial charge is 0.491 e. The van der Waals surface area contributed by atoms with Gasteiger partial charge in [0.1, 0.15) is 5.75 Å². The predicted molar refractivity (Wildman–Crippen MR) is 92.6 cm³/mol. The standard InChI is InChI=1S/C17H19N3OS/c1-2-10-21-16-8-4-3-7-14(16)19-17-20-15(12-22-17)13-6-5-9-18-11-13/h3-5,7-9,11-13H,2,6,10H2,1H3,(H,19,20). The molecule has 1 aromatic carbocycles. The zero-order valence-corrected chi connectivity index (χ0v) is 13.3. The number of nitrogens with one attached hydrogen (secondary N) is 1. The summed E-state index contributed by atoms with van der Waals surface area (Å²) in [5.74, 6) is 1.15. The minimum absolute atomic E-state index is 0.281. The van der Waals surface area contributed by atoms with Crippen molar-refractivity contribution in [2.45, 2.75) is 25.7 Å². The molecule has 5 heteroatoms. The van der Waals surface area contributed by atoms with Crippen molar-refractivity contribution in [3.05, 3.63) is 47.6 Å². The Bertz CT molecular complexity index is 678. The molecule has 0 aliphatic carbocycles. The molecule has 0 bridgehead atoms. The van der Waals surface area contributed by atoms with Crippen LogP contribution < -0.4 is 10.1 Å². The van der Waals surface area contributed by atoms with Gasteiger partial charge in [-0.15, -0.1) is 11.3 Å². The van der Waals surface area contributed by atoms with Crippen molar-refractivity contribution in [3.8, 4) is 5.75 Å². The molecule has 1 atom stereocenters. The fourth-order valence-corrected chi connectivity index (χ4v) is 3.00. The number of hydrogen-bond donors (Lipinski definition) is 1. The molecule has 1 aromatic heterocycles. The lowest BCUT2D eigenvalue weighted by Crippen LogP contribution is -2.02. The van der Waals surface area contributed by atoms with Crippen LogP contribution in [-0.2, 0) is 0 Å². The number of rotatable bonds is 6. The van der Waals surface area contributed by atoms with Crippen LogP contribution >= 0.6 is 11.3 Å². The van der Waals surface area contributed by atoms with E-state index in [0.717, 1.165) is 35.1 Å². The van der Waals surface area contributed by atoms with Gasteiger partial charge < -0.3 is 10.1 Å². The lowest BCUT2D eigenvalue weighted by atomic mass is 10.0. The summed E-state index contributed by atoms with van der Waals surface area (Å²) in [4.78, 5) is 8.87. The molecule has 0 spiro atoms. The van der Waals surface area contributed by atoms with Crippen molar-refractivity contribution in [1.29, 1.82) is 0 Å². The maximum Gasteiger partial charge on any atom is 0.187 e. The van der Waals surface area contributed by atoms with Crippen LogP contribution in [0.4, 0.5) is 10.8 Å². The Morgan fingerprint density at radius 1 is 1.36 bits per heavy atom. The van der Waals surface area contributed by atoms with Crippen molar-refractivity contribution in [3.63, 3.8) is 0 Å². The number of benzene rings is 1. The Morgan fingerprint density at radius 3 is 3.09 bits per heavy atom. The van der Waals surface area contributed by atoms with Crippen LogP contribution in [0.5, 0.6) is 5.75 Å². The lowest BCUT2D eigenvalue weighted by molar-refractivity contribution is 0.319. The zero-order chi connectivity index (χ0) is 15.2. The molecular weight excluding hydrogens is 294 g/mol. The fourth-order valence-electron chi connectivity index (χ4n) is 2.22. The van der Waals surface area contributed by atoms with Crippen LogP contribution in [0.25, 0.3) is 0 Å². The summed E-state index contributed by atoms with van der Waals surface area (Å²) in [5, 5.41) is 6.33. The molecule has 1 unspecified atom stereocenters. The van der Waals surface area contributed by atoms with E-state index in [1.807, 2.05) is 36.7 Å². The van der Waals surface area contributed by atoms with E-state index in [1.165, 1.54) is 0 Å². The van der Waals surface area contributed by atoms with Gasteiger partial charge in [-0.3, -0.25) is 4.99 Å². The first kappa shape index (κ1) is 14.8. The van der Waals surface area contributed by atoms with Crippen molar-refractivity contribution in [2.75, 3.05) is 11.9 Å². The van der Waals surface area contributed by atoms with E-state index in [-0.39, 0.29) is 5.92 Å². The fraction of sp³-hybridized carbons (Fsp3) is 0.294. The molecule has 2 aromatic rings. The van der Waals surface area contributed by atoms with Gasteiger partial charge in [0.05, 0.1) is 18.0 Å². The Hall–Kier alpha value is -2.14. The van der Waals surface area contributed by atoms with Crippen molar-refractivity contribution in [2.24, 2.45) is 4.99 Å². The molecule has 22 heavy (non-hydrogen) atoms. The number of ether oxygens (including phenoxy) is 1. The molecule has 114 valence electrons. The van der Waals surface area contributed by atoms with E-state index < -0.39 is 0 Å². The molecule has 0 radical (unpaired) electrons. The van der Waals surface area contributed by atoms with Crippen molar-refractivity contribution >= 4 is 28.4 Å². The van der Waals surface area contributed by atoms with Gasteiger partial charge in [-0.05, 0) is 25.0 Å². The quantitative estimate of drug-likeness (QED) is 0.837. The summed E-state index contributed by atoms with van der Waals surface area (Å²) in [5.41, 5.74) is 2.02. The molecule has 0 fully saturated rings. The van der Waals surface area contributed by atoms with Gasteiger partial charge in [0.15, 0.2) is 5.13 Å². The first-order valence-corrected chi connectivity index (χ1v) is 8.37. The summed E-state index contributed by atoms with van der Waals surface area (Å²) >= 11 is 1.61. The normalized spacial score (nSPS) is 16.7. The number of hydrogen-bond acceptors (Lipinski definition) is 5. The summed E-state index contributed by atoms with van der Waals surface area (Å²) in [6.45, 7) is 2.82. The molecule has 4 nitrogen and oxygen atoms in total. The topological polar surface area (TPSA) is 46.5 Å². The third kappa shape index (κ3) is 3.54. The van der Waals surface area contributed by atoms with Gasteiger partial charge in [-0.2, -0.15) is 0 Å². The van der Waals surface area contributed by atoms with Gasteiger partial charge >= 0.3 is 0 Å². The van der Waals surface area contributed by atoms with E-state index in [0.29, 0.717) is 6.61 Å². The lowest BCUT2D eigenvalue weighted by Gasteiger charge is -2.11. The van der Waals surface area contributed by atoms with Crippen LogP contribution in [-0.4, -0.2) is 17.8 Å². The van der Waals surface area contributed by atoms with Crippen LogP contribution in [0.2, 0.25) is 0 Å². The van der Waals surface area contributed by atoms with E-state index in [1.54, 1.807) is 11.3 Å². The highest BCUT2D eigenvalue weighted by Crippen LogP contribution is 2.31. The smallest absolute Gasteiger partial charge is 0.187 e. The average molecular weight is 313 g/mol. The highest BCUT2D eigenvalue weighted by atomic mass is 32.1. The summed E-state index contributed by atoms with van der Waals surface area (Å²) in [6.07, 6.45) is 7.82. The van der Waals surface area contributed by atoms with Gasteiger partial charge in [-0.25, -0.2) is 4.98 Å².